The predicted octanol–water partition coefficient (Wildman–Crippen LogP) is 2.44. The van der Waals surface area contributed by atoms with Crippen LogP contribution >= 0.6 is 0 Å². The maximum absolute atomic E-state index is 11.7. The number of hydroxylamine groups is 1. The zero-order valence-electron chi connectivity index (χ0n) is 12.6. The first-order valence-corrected chi connectivity index (χ1v) is 7.67. The van der Waals surface area contributed by atoms with Crippen LogP contribution < -0.4 is 5.48 Å². The molecule has 0 aliphatic carbocycles. The van der Waals surface area contributed by atoms with E-state index in [1.54, 1.807) is 17.0 Å². The van der Waals surface area contributed by atoms with Crippen molar-refractivity contribution in [2.24, 2.45) is 0 Å². The van der Waals surface area contributed by atoms with Crippen LogP contribution in [0.2, 0.25) is 0 Å². The zero-order chi connectivity index (χ0) is 15.8. The van der Waals surface area contributed by atoms with Crippen molar-refractivity contribution in [3.8, 4) is 0 Å². The molecule has 2 rings (SSSR count). The number of carbonyl (C=O) groups excluding carboxylic acids is 1. The molecule has 1 aliphatic heterocycles. The summed E-state index contributed by atoms with van der Waals surface area (Å²) in [4.78, 5) is 29.2. The molecule has 0 spiro atoms. The van der Waals surface area contributed by atoms with Gasteiger partial charge in [-0.1, -0.05) is 12.1 Å². The highest BCUT2D eigenvalue weighted by Crippen LogP contribution is 2.09. The number of carboxylic acid groups (broad SMARTS) is 1. The molecule has 1 aliphatic rings. The summed E-state index contributed by atoms with van der Waals surface area (Å²) in [5.41, 5.74) is 4.05. The third kappa shape index (κ3) is 5.04. The molecule has 0 aromatic heterocycles. The van der Waals surface area contributed by atoms with Crippen LogP contribution in [-0.4, -0.2) is 41.7 Å². The summed E-state index contributed by atoms with van der Waals surface area (Å²) in [6.45, 7) is 2.12. The molecule has 1 amide bonds. The molecule has 0 atom stereocenters. The Kier molecular flexibility index (Phi) is 6.21. The van der Waals surface area contributed by atoms with E-state index in [9.17, 15) is 9.59 Å². The summed E-state index contributed by atoms with van der Waals surface area (Å²) in [5.74, 6) is -0.919. The molecule has 2 N–H and O–H groups in total. The lowest BCUT2D eigenvalue weighted by atomic mass is 10.1. The van der Waals surface area contributed by atoms with Crippen LogP contribution in [0, 0.1) is 0 Å². The number of carbonyl (C=O) groups is 2. The molecule has 0 radical (unpaired) electrons. The molecule has 6 heteroatoms. The van der Waals surface area contributed by atoms with Crippen molar-refractivity contribution >= 4 is 12.1 Å². The minimum Gasteiger partial charge on any atom is -0.478 e. The quantitative estimate of drug-likeness (QED) is 0.623. The van der Waals surface area contributed by atoms with E-state index >= 15 is 0 Å². The minimum atomic E-state index is -0.919. The fourth-order valence-corrected chi connectivity index (χ4v) is 2.43. The molecular formula is C16H22N2O4. The highest BCUT2D eigenvalue weighted by Gasteiger charge is 2.17. The molecule has 1 fully saturated rings. The van der Waals surface area contributed by atoms with Crippen molar-refractivity contribution in [3.05, 3.63) is 35.4 Å². The highest BCUT2D eigenvalue weighted by molar-refractivity contribution is 5.87. The Bertz CT molecular complexity index is 495. The lowest BCUT2D eigenvalue weighted by Crippen LogP contribution is -2.38. The van der Waals surface area contributed by atoms with Gasteiger partial charge in [-0.3, -0.25) is 0 Å². The smallest absolute Gasteiger partial charge is 0.428 e. The lowest BCUT2D eigenvalue weighted by molar-refractivity contribution is 0.0501. The van der Waals surface area contributed by atoms with Crippen molar-refractivity contribution in [1.29, 1.82) is 0 Å². The number of nitrogens with one attached hydrogen (secondary N) is 1. The number of aryl methyl sites for hydroxylation is 1. The zero-order valence-corrected chi connectivity index (χ0v) is 12.6. The number of amides is 1. The Morgan fingerprint density at radius 3 is 2.45 bits per heavy atom. The first kappa shape index (κ1) is 16.3. The van der Waals surface area contributed by atoms with Crippen LogP contribution in [-0.2, 0) is 11.3 Å². The van der Waals surface area contributed by atoms with Gasteiger partial charge in [-0.05, 0) is 49.8 Å². The van der Waals surface area contributed by atoms with Crippen molar-refractivity contribution in [3.63, 3.8) is 0 Å². The Morgan fingerprint density at radius 2 is 1.82 bits per heavy atom. The number of benzene rings is 1. The van der Waals surface area contributed by atoms with Crippen LogP contribution in [0.5, 0.6) is 0 Å². The van der Waals surface area contributed by atoms with Gasteiger partial charge < -0.3 is 14.8 Å². The highest BCUT2D eigenvalue weighted by atomic mass is 16.7. The summed E-state index contributed by atoms with van der Waals surface area (Å²) in [6.07, 6.45) is 4.57. The van der Waals surface area contributed by atoms with E-state index < -0.39 is 5.97 Å². The van der Waals surface area contributed by atoms with Crippen LogP contribution in [0.15, 0.2) is 24.3 Å². The van der Waals surface area contributed by atoms with Gasteiger partial charge in [0.15, 0.2) is 0 Å². The average Bonchev–Trinajstić information content (AvgIpc) is 2.55. The fourth-order valence-electron chi connectivity index (χ4n) is 2.43. The number of nitrogens with zero attached hydrogens (tertiary/aromatic N) is 1. The number of rotatable bonds is 6. The second kappa shape index (κ2) is 8.38. The molecule has 120 valence electrons. The Morgan fingerprint density at radius 1 is 1.14 bits per heavy atom. The van der Waals surface area contributed by atoms with Crippen molar-refractivity contribution in [2.45, 2.75) is 32.1 Å². The molecule has 6 nitrogen and oxygen atoms in total. The standard InChI is InChI=1S/C16H22N2O4/c19-15(20)14-8-6-13(7-9-14)5-4-10-17-22-16(21)18-11-2-1-3-12-18/h6-9,17H,1-5,10-12H2,(H,19,20). The van der Waals surface area contributed by atoms with Gasteiger partial charge in [0.2, 0.25) is 0 Å². The van der Waals surface area contributed by atoms with Gasteiger partial charge in [-0.15, -0.1) is 0 Å². The molecule has 0 unspecified atom stereocenters. The van der Waals surface area contributed by atoms with E-state index in [1.165, 1.54) is 6.42 Å². The largest absolute Gasteiger partial charge is 0.478 e. The number of hydrogen-bond acceptors (Lipinski definition) is 4. The molecule has 1 aromatic rings. The van der Waals surface area contributed by atoms with E-state index in [0.717, 1.165) is 44.3 Å². The predicted molar refractivity (Wildman–Crippen MR) is 81.6 cm³/mol. The Hall–Kier alpha value is -2.08. The second-order valence-corrected chi connectivity index (χ2v) is 5.42. The van der Waals surface area contributed by atoms with Gasteiger partial charge in [0.05, 0.1) is 5.56 Å². The SMILES string of the molecule is O=C(O)c1ccc(CCCNOC(=O)N2CCCCC2)cc1. The normalized spacial score (nSPS) is 14.6. The van der Waals surface area contributed by atoms with Crippen LogP contribution in [0.25, 0.3) is 0 Å². The molecule has 1 aromatic carbocycles. The van der Waals surface area contributed by atoms with Crippen molar-refractivity contribution in [2.75, 3.05) is 19.6 Å². The van der Waals surface area contributed by atoms with Gasteiger partial charge in [-0.25, -0.2) is 9.59 Å². The van der Waals surface area contributed by atoms with E-state index in [2.05, 4.69) is 5.48 Å². The van der Waals surface area contributed by atoms with Crippen LogP contribution in [0.4, 0.5) is 4.79 Å². The Balaban J connectivity index is 1.60. The second-order valence-electron chi connectivity index (χ2n) is 5.42. The number of piperidine rings is 1. The molecule has 0 saturated carbocycles. The van der Waals surface area contributed by atoms with E-state index in [4.69, 9.17) is 9.94 Å². The van der Waals surface area contributed by atoms with Gasteiger partial charge >= 0.3 is 12.1 Å². The third-order valence-corrected chi connectivity index (χ3v) is 3.72. The van der Waals surface area contributed by atoms with Gasteiger partial charge in [0, 0.05) is 19.6 Å². The maximum Gasteiger partial charge on any atom is 0.428 e. The van der Waals surface area contributed by atoms with Gasteiger partial charge in [0.1, 0.15) is 0 Å². The topological polar surface area (TPSA) is 78.9 Å². The maximum atomic E-state index is 11.7. The van der Waals surface area contributed by atoms with E-state index in [0.29, 0.717) is 6.54 Å². The van der Waals surface area contributed by atoms with Crippen molar-refractivity contribution in [1.82, 2.24) is 10.4 Å². The molecule has 1 heterocycles. The summed E-state index contributed by atoms with van der Waals surface area (Å²) >= 11 is 0. The third-order valence-electron chi connectivity index (χ3n) is 3.72. The number of likely N-dealkylation sites (tertiary alicyclic amines) is 1. The average molecular weight is 306 g/mol. The fraction of sp³-hybridized carbons (Fsp3) is 0.500. The molecule has 22 heavy (non-hydrogen) atoms. The van der Waals surface area contributed by atoms with Crippen molar-refractivity contribution < 1.29 is 19.5 Å². The van der Waals surface area contributed by atoms with Crippen LogP contribution in [0.1, 0.15) is 41.6 Å². The molecule has 0 bridgehead atoms. The summed E-state index contributed by atoms with van der Waals surface area (Å²) in [6, 6.07) is 6.81. The number of aromatic carboxylic acids is 1. The summed E-state index contributed by atoms with van der Waals surface area (Å²) in [7, 11) is 0. The number of carboxylic acids is 1. The van der Waals surface area contributed by atoms with E-state index in [-0.39, 0.29) is 11.7 Å². The first-order valence-electron chi connectivity index (χ1n) is 7.67. The Labute approximate surface area is 130 Å². The molecular weight excluding hydrogens is 284 g/mol. The lowest BCUT2D eigenvalue weighted by Gasteiger charge is -2.25. The molecule has 1 saturated heterocycles. The monoisotopic (exact) mass is 306 g/mol. The number of hydrogen-bond donors (Lipinski definition) is 2. The summed E-state index contributed by atoms with van der Waals surface area (Å²) < 4.78 is 0. The summed E-state index contributed by atoms with van der Waals surface area (Å²) in [5, 5.41) is 8.82. The first-order chi connectivity index (χ1) is 10.7. The van der Waals surface area contributed by atoms with Gasteiger partial charge in [-0.2, -0.15) is 5.48 Å². The van der Waals surface area contributed by atoms with Crippen LogP contribution in [0.3, 0.4) is 0 Å². The van der Waals surface area contributed by atoms with E-state index in [1.807, 2.05) is 12.1 Å². The minimum absolute atomic E-state index is 0.289. The van der Waals surface area contributed by atoms with Gasteiger partial charge in [0.25, 0.3) is 0 Å².